The van der Waals surface area contributed by atoms with Crippen LogP contribution in [0.15, 0.2) is 30.3 Å². The number of anilines is 2. The van der Waals surface area contributed by atoms with Crippen molar-refractivity contribution in [3.8, 4) is 5.88 Å². The number of rotatable bonds is 6. The standard InChI is InChI=1S/C15H15ClN4O6S/c1-3-26-13(21)9-6-4-5-7-10(9)20(27(23)24)15(22)19-14-17-11(16)8-12(18-14)25-2/h4-8H,3H2,1-2H3,(H,23,24)(H,17,18,19,22). The summed E-state index contributed by atoms with van der Waals surface area (Å²) in [5.41, 5.74) is -0.204. The van der Waals surface area contributed by atoms with Crippen molar-refractivity contribution in [3.05, 3.63) is 41.0 Å². The second kappa shape index (κ2) is 9.26. The number of nitrogens with zero attached hydrogens (tertiary/aromatic N) is 3. The van der Waals surface area contributed by atoms with E-state index in [9.17, 15) is 18.4 Å². The van der Waals surface area contributed by atoms with Gasteiger partial charge in [-0.2, -0.15) is 9.29 Å². The van der Waals surface area contributed by atoms with Crippen molar-refractivity contribution in [1.29, 1.82) is 0 Å². The molecule has 1 aromatic heterocycles. The van der Waals surface area contributed by atoms with Crippen LogP contribution in [0.2, 0.25) is 5.15 Å². The first-order chi connectivity index (χ1) is 12.9. The Morgan fingerprint density at radius 2 is 2.04 bits per heavy atom. The van der Waals surface area contributed by atoms with Gasteiger partial charge >= 0.3 is 12.0 Å². The number of methoxy groups -OCH3 is 1. The normalized spacial score (nSPS) is 11.4. The largest absolute Gasteiger partial charge is 0.481 e. The summed E-state index contributed by atoms with van der Waals surface area (Å²) in [7, 11) is 1.34. The number of carbonyl (C=O) groups excluding carboxylic acids is 2. The van der Waals surface area contributed by atoms with E-state index in [0.29, 0.717) is 4.31 Å². The van der Waals surface area contributed by atoms with Crippen LogP contribution in [0.3, 0.4) is 0 Å². The SMILES string of the molecule is CCOC(=O)c1ccccc1N(C(=O)Nc1nc(Cl)cc(OC)n1)S(=O)O. The summed E-state index contributed by atoms with van der Waals surface area (Å²) >= 11 is 3.00. The Bertz CT molecular complexity index is 881. The van der Waals surface area contributed by atoms with Gasteiger partial charge in [-0.1, -0.05) is 23.7 Å². The second-order valence-electron chi connectivity index (χ2n) is 4.75. The first-order valence-electron chi connectivity index (χ1n) is 7.44. The van der Waals surface area contributed by atoms with Crippen LogP contribution in [-0.4, -0.2) is 44.4 Å². The lowest BCUT2D eigenvalue weighted by Crippen LogP contribution is -2.37. The quantitative estimate of drug-likeness (QED) is 0.418. The number of aromatic nitrogens is 2. The van der Waals surface area contributed by atoms with Gasteiger partial charge < -0.3 is 9.47 Å². The molecule has 1 atom stereocenters. The molecule has 10 nitrogen and oxygen atoms in total. The minimum Gasteiger partial charge on any atom is -0.481 e. The van der Waals surface area contributed by atoms with Crippen molar-refractivity contribution in [2.75, 3.05) is 23.3 Å². The molecule has 0 bridgehead atoms. The molecule has 2 amide bonds. The third-order valence-electron chi connectivity index (χ3n) is 3.06. The zero-order valence-electron chi connectivity index (χ0n) is 14.2. The number of hydrogen-bond acceptors (Lipinski definition) is 7. The third-order valence-corrected chi connectivity index (χ3v) is 3.93. The summed E-state index contributed by atoms with van der Waals surface area (Å²) < 4.78 is 31.7. The smallest absolute Gasteiger partial charge is 0.342 e. The van der Waals surface area contributed by atoms with Crippen molar-refractivity contribution in [3.63, 3.8) is 0 Å². The molecule has 1 heterocycles. The molecule has 0 saturated heterocycles. The molecular formula is C15H15ClN4O6S. The first kappa shape index (κ1) is 20.6. The molecule has 27 heavy (non-hydrogen) atoms. The zero-order chi connectivity index (χ0) is 20.0. The maximum absolute atomic E-state index is 12.5. The highest BCUT2D eigenvalue weighted by atomic mass is 35.5. The summed E-state index contributed by atoms with van der Waals surface area (Å²) in [6.07, 6.45) is 0. The van der Waals surface area contributed by atoms with E-state index in [1.165, 1.54) is 37.4 Å². The number of halogens is 1. The van der Waals surface area contributed by atoms with Gasteiger partial charge in [0.2, 0.25) is 11.8 Å². The molecule has 12 heteroatoms. The van der Waals surface area contributed by atoms with Crippen molar-refractivity contribution in [2.45, 2.75) is 6.92 Å². The molecule has 2 aromatic rings. The van der Waals surface area contributed by atoms with Gasteiger partial charge in [0.1, 0.15) is 5.15 Å². The number of benzene rings is 1. The van der Waals surface area contributed by atoms with Gasteiger partial charge in [0.15, 0.2) is 0 Å². The molecule has 0 aliphatic rings. The fourth-order valence-corrected chi connectivity index (χ4v) is 2.69. The van der Waals surface area contributed by atoms with Crippen molar-refractivity contribution in [2.24, 2.45) is 0 Å². The van der Waals surface area contributed by atoms with E-state index in [2.05, 4.69) is 15.3 Å². The van der Waals surface area contributed by atoms with Crippen LogP contribution in [0.5, 0.6) is 5.88 Å². The molecule has 144 valence electrons. The Morgan fingerprint density at radius 1 is 1.33 bits per heavy atom. The Hall–Kier alpha value is -2.76. The summed E-state index contributed by atoms with van der Waals surface area (Å²) in [6.45, 7) is 1.71. The molecule has 1 unspecified atom stereocenters. The van der Waals surface area contributed by atoms with Gasteiger partial charge in [0.25, 0.3) is 11.3 Å². The van der Waals surface area contributed by atoms with E-state index >= 15 is 0 Å². The van der Waals surface area contributed by atoms with Crippen LogP contribution in [-0.2, 0) is 16.0 Å². The highest BCUT2D eigenvalue weighted by Gasteiger charge is 2.27. The van der Waals surface area contributed by atoms with Crippen molar-refractivity contribution in [1.82, 2.24) is 9.97 Å². The van der Waals surface area contributed by atoms with E-state index in [-0.39, 0.29) is 34.8 Å². The molecule has 0 radical (unpaired) electrons. The molecular weight excluding hydrogens is 400 g/mol. The van der Waals surface area contributed by atoms with Gasteiger partial charge in [-0.05, 0) is 19.1 Å². The molecule has 1 aromatic carbocycles. The number of para-hydroxylation sites is 1. The number of urea groups is 1. The minimum atomic E-state index is -2.81. The molecule has 0 fully saturated rings. The maximum Gasteiger partial charge on any atom is 0.342 e. The summed E-state index contributed by atoms with van der Waals surface area (Å²) in [5, 5.41) is 2.22. The highest BCUT2D eigenvalue weighted by Crippen LogP contribution is 2.24. The van der Waals surface area contributed by atoms with Crippen LogP contribution in [0.25, 0.3) is 0 Å². The predicted molar refractivity (Wildman–Crippen MR) is 98.3 cm³/mol. The van der Waals surface area contributed by atoms with E-state index in [1.54, 1.807) is 6.92 Å². The topological polar surface area (TPSA) is 131 Å². The number of esters is 1. The molecule has 0 saturated carbocycles. The van der Waals surface area contributed by atoms with Crippen LogP contribution < -0.4 is 14.4 Å². The fraction of sp³-hybridized carbons (Fsp3) is 0.200. The van der Waals surface area contributed by atoms with Gasteiger partial charge in [0, 0.05) is 6.07 Å². The highest BCUT2D eigenvalue weighted by molar-refractivity contribution is 7.81. The van der Waals surface area contributed by atoms with Crippen LogP contribution in [0.4, 0.5) is 16.4 Å². The summed E-state index contributed by atoms with van der Waals surface area (Å²) in [4.78, 5) is 32.3. The van der Waals surface area contributed by atoms with Crippen molar-refractivity contribution >= 4 is 46.5 Å². The van der Waals surface area contributed by atoms with E-state index in [0.717, 1.165) is 0 Å². The molecule has 0 aliphatic carbocycles. The van der Waals surface area contributed by atoms with E-state index in [1.807, 2.05) is 0 Å². The van der Waals surface area contributed by atoms with Gasteiger partial charge in [-0.25, -0.2) is 18.8 Å². The number of ether oxygens (including phenoxy) is 2. The van der Waals surface area contributed by atoms with E-state index < -0.39 is 23.3 Å². The number of nitrogens with one attached hydrogen (secondary N) is 1. The average Bonchev–Trinajstić information content (AvgIpc) is 2.61. The lowest BCUT2D eigenvalue weighted by atomic mass is 10.2. The van der Waals surface area contributed by atoms with Crippen LogP contribution in [0, 0.1) is 0 Å². The van der Waals surface area contributed by atoms with Gasteiger partial charge in [0.05, 0.1) is 25.0 Å². The fourth-order valence-electron chi connectivity index (χ4n) is 2.00. The number of carbonyl (C=O) groups is 2. The molecule has 2 rings (SSSR count). The van der Waals surface area contributed by atoms with Gasteiger partial charge in [-0.15, -0.1) is 0 Å². The Balaban J connectivity index is 2.39. The van der Waals surface area contributed by atoms with Crippen LogP contribution >= 0.6 is 11.6 Å². The minimum absolute atomic E-state index is 0.0132. The monoisotopic (exact) mass is 414 g/mol. The summed E-state index contributed by atoms with van der Waals surface area (Å²) in [6, 6.07) is 5.94. The Morgan fingerprint density at radius 3 is 2.67 bits per heavy atom. The zero-order valence-corrected chi connectivity index (χ0v) is 15.8. The number of hydrogen-bond donors (Lipinski definition) is 2. The lowest BCUT2D eigenvalue weighted by molar-refractivity contribution is 0.0527. The Labute approximate surface area is 161 Å². The maximum atomic E-state index is 12.5. The molecule has 0 spiro atoms. The summed E-state index contributed by atoms with van der Waals surface area (Å²) in [5.74, 6) is -0.931. The number of amides is 2. The first-order valence-corrected chi connectivity index (χ1v) is 8.88. The Kier molecular flexibility index (Phi) is 7.05. The lowest BCUT2D eigenvalue weighted by Gasteiger charge is -2.20. The van der Waals surface area contributed by atoms with E-state index in [4.69, 9.17) is 21.1 Å². The molecule has 2 N–H and O–H groups in total. The average molecular weight is 415 g/mol. The third kappa shape index (κ3) is 5.12. The van der Waals surface area contributed by atoms with Gasteiger partial charge in [-0.3, -0.25) is 9.87 Å². The van der Waals surface area contributed by atoms with Crippen LogP contribution in [0.1, 0.15) is 17.3 Å². The molecule has 0 aliphatic heterocycles. The second-order valence-corrected chi connectivity index (χ2v) is 5.96. The predicted octanol–water partition coefficient (Wildman–Crippen LogP) is 2.49. The van der Waals surface area contributed by atoms with Crippen molar-refractivity contribution < 1.29 is 27.8 Å².